The second-order valence-electron chi connectivity index (χ2n) is 6.12. The van der Waals surface area contributed by atoms with Crippen LogP contribution in [0, 0.1) is 13.8 Å². The lowest BCUT2D eigenvalue weighted by Crippen LogP contribution is -2.36. The van der Waals surface area contributed by atoms with Crippen LogP contribution in [0.4, 0.5) is 0 Å². The van der Waals surface area contributed by atoms with Crippen molar-refractivity contribution in [3.05, 3.63) is 65.5 Å². The molecule has 0 aliphatic heterocycles. The summed E-state index contributed by atoms with van der Waals surface area (Å²) in [5.74, 6) is 1.30. The molecule has 0 radical (unpaired) electrons. The first-order valence-electron chi connectivity index (χ1n) is 8.42. The van der Waals surface area contributed by atoms with Crippen molar-refractivity contribution in [2.75, 3.05) is 0 Å². The molecule has 0 bridgehead atoms. The molecule has 0 saturated heterocycles. The number of ether oxygens (including phenoxy) is 1. The lowest BCUT2D eigenvalue weighted by atomic mass is 10.1. The van der Waals surface area contributed by atoms with Crippen molar-refractivity contribution in [2.24, 2.45) is 0 Å². The van der Waals surface area contributed by atoms with Crippen molar-refractivity contribution in [3.8, 4) is 17.1 Å². The minimum atomic E-state index is -0.632. The first-order chi connectivity index (χ1) is 12.5. The standard InChI is InChI=1S/C20H21N3O3/c1-13-9-10-14(2)17(11-13)25-15(3)20(24)21-12-18-22-19(23-26-18)16-7-5-4-6-8-16/h4-11,15H,12H2,1-3H3,(H,21,24)/t15-/m1/s1. The van der Waals surface area contributed by atoms with Gasteiger partial charge in [-0.15, -0.1) is 0 Å². The quantitative estimate of drug-likeness (QED) is 0.736. The van der Waals surface area contributed by atoms with Gasteiger partial charge in [-0.2, -0.15) is 4.98 Å². The van der Waals surface area contributed by atoms with Gasteiger partial charge in [0, 0.05) is 5.56 Å². The van der Waals surface area contributed by atoms with Gasteiger partial charge >= 0.3 is 0 Å². The van der Waals surface area contributed by atoms with Crippen LogP contribution in [0.1, 0.15) is 23.9 Å². The van der Waals surface area contributed by atoms with Crippen LogP contribution in [0.2, 0.25) is 0 Å². The lowest BCUT2D eigenvalue weighted by Gasteiger charge is -2.16. The maximum atomic E-state index is 12.3. The number of rotatable bonds is 6. The minimum Gasteiger partial charge on any atom is -0.481 e. The molecule has 0 aliphatic rings. The summed E-state index contributed by atoms with van der Waals surface area (Å²) in [6.07, 6.45) is -0.632. The largest absolute Gasteiger partial charge is 0.481 e. The van der Waals surface area contributed by atoms with Gasteiger partial charge in [-0.25, -0.2) is 0 Å². The van der Waals surface area contributed by atoms with E-state index in [9.17, 15) is 4.79 Å². The highest BCUT2D eigenvalue weighted by Crippen LogP contribution is 2.20. The van der Waals surface area contributed by atoms with Crippen LogP contribution < -0.4 is 10.1 Å². The molecule has 1 aromatic heterocycles. The average molecular weight is 351 g/mol. The third-order valence-corrected chi connectivity index (χ3v) is 3.93. The predicted molar refractivity (Wildman–Crippen MR) is 97.6 cm³/mol. The molecule has 1 atom stereocenters. The van der Waals surface area contributed by atoms with Crippen molar-refractivity contribution < 1.29 is 14.1 Å². The third-order valence-electron chi connectivity index (χ3n) is 3.93. The van der Waals surface area contributed by atoms with E-state index in [0.717, 1.165) is 16.7 Å². The highest BCUT2D eigenvalue weighted by atomic mass is 16.5. The van der Waals surface area contributed by atoms with Crippen molar-refractivity contribution in [1.29, 1.82) is 0 Å². The van der Waals surface area contributed by atoms with Crippen LogP contribution in [-0.4, -0.2) is 22.2 Å². The zero-order valence-corrected chi connectivity index (χ0v) is 15.0. The number of amides is 1. The van der Waals surface area contributed by atoms with E-state index in [1.165, 1.54) is 0 Å². The van der Waals surface area contributed by atoms with Gasteiger partial charge in [0.05, 0.1) is 6.54 Å². The summed E-state index contributed by atoms with van der Waals surface area (Å²) in [6.45, 7) is 5.79. The topological polar surface area (TPSA) is 77.2 Å². The van der Waals surface area contributed by atoms with Crippen molar-refractivity contribution in [3.63, 3.8) is 0 Å². The van der Waals surface area contributed by atoms with Gasteiger partial charge < -0.3 is 14.6 Å². The molecule has 3 aromatic rings. The molecule has 1 heterocycles. The zero-order chi connectivity index (χ0) is 18.5. The Kier molecular flexibility index (Phi) is 5.31. The van der Waals surface area contributed by atoms with Gasteiger partial charge in [-0.3, -0.25) is 4.79 Å². The normalized spacial score (nSPS) is 11.8. The van der Waals surface area contributed by atoms with Crippen LogP contribution in [0.25, 0.3) is 11.4 Å². The van der Waals surface area contributed by atoms with E-state index in [0.29, 0.717) is 17.5 Å². The number of hydrogen-bond donors (Lipinski definition) is 1. The Morgan fingerprint density at radius 1 is 1.19 bits per heavy atom. The molecule has 0 aliphatic carbocycles. The molecule has 3 rings (SSSR count). The van der Waals surface area contributed by atoms with Gasteiger partial charge in [0.2, 0.25) is 11.7 Å². The molecule has 2 aromatic carbocycles. The maximum Gasteiger partial charge on any atom is 0.261 e. The number of nitrogens with one attached hydrogen (secondary N) is 1. The third kappa shape index (κ3) is 4.27. The first kappa shape index (κ1) is 17.7. The smallest absolute Gasteiger partial charge is 0.261 e. The summed E-state index contributed by atoms with van der Waals surface area (Å²) in [5, 5.41) is 6.69. The molecule has 0 spiro atoms. The fourth-order valence-corrected chi connectivity index (χ4v) is 2.42. The second-order valence-corrected chi connectivity index (χ2v) is 6.12. The van der Waals surface area contributed by atoms with E-state index in [2.05, 4.69) is 15.5 Å². The van der Waals surface area contributed by atoms with Crippen LogP contribution in [-0.2, 0) is 11.3 Å². The van der Waals surface area contributed by atoms with Crippen molar-refractivity contribution in [1.82, 2.24) is 15.5 Å². The monoisotopic (exact) mass is 351 g/mol. The fraction of sp³-hybridized carbons (Fsp3) is 0.250. The van der Waals surface area contributed by atoms with E-state index in [-0.39, 0.29) is 12.5 Å². The molecule has 0 unspecified atom stereocenters. The summed E-state index contributed by atoms with van der Waals surface area (Å²) in [6, 6.07) is 15.4. The number of aromatic nitrogens is 2. The lowest BCUT2D eigenvalue weighted by molar-refractivity contribution is -0.127. The Balaban J connectivity index is 1.57. The first-order valence-corrected chi connectivity index (χ1v) is 8.42. The maximum absolute atomic E-state index is 12.3. The highest BCUT2D eigenvalue weighted by molar-refractivity contribution is 5.80. The Hall–Kier alpha value is -3.15. The van der Waals surface area contributed by atoms with Crippen LogP contribution in [0.3, 0.4) is 0 Å². The van der Waals surface area contributed by atoms with Gasteiger partial charge in [-0.05, 0) is 38.0 Å². The molecular formula is C20H21N3O3. The molecule has 6 heteroatoms. The van der Waals surface area contributed by atoms with Crippen LogP contribution in [0.5, 0.6) is 5.75 Å². The summed E-state index contributed by atoms with van der Waals surface area (Å²) >= 11 is 0. The predicted octanol–water partition coefficient (Wildman–Crippen LogP) is 3.44. The molecule has 0 saturated carbocycles. The molecule has 6 nitrogen and oxygen atoms in total. The van der Waals surface area contributed by atoms with Crippen LogP contribution >= 0.6 is 0 Å². The number of carbonyl (C=O) groups is 1. The zero-order valence-electron chi connectivity index (χ0n) is 15.0. The Bertz CT molecular complexity index is 890. The fourth-order valence-electron chi connectivity index (χ4n) is 2.42. The van der Waals surface area contributed by atoms with E-state index < -0.39 is 6.10 Å². The molecule has 134 valence electrons. The summed E-state index contributed by atoms with van der Waals surface area (Å²) in [5.41, 5.74) is 2.93. The Morgan fingerprint density at radius 3 is 2.73 bits per heavy atom. The Morgan fingerprint density at radius 2 is 1.96 bits per heavy atom. The SMILES string of the molecule is Cc1ccc(C)c(O[C@H](C)C(=O)NCc2nc(-c3ccccc3)no2)c1. The van der Waals surface area contributed by atoms with Crippen LogP contribution in [0.15, 0.2) is 53.1 Å². The van der Waals surface area contributed by atoms with E-state index in [4.69, 9.17) is 9.26 Å². The number of aryl methyl sites for hydroxylation is 2. The van der Waals surface area contributed by atoms with E-state index in [1.807, 2.05) is 62.4 Å². The summed E-state index contributed by atoms with van der Waals surface area (Å²) < 4.78 is 11.0. The van der Waals surface area contributed by atoms with Gasteiger partial charge in [-0.1, -0.05) is 47.6 Å². The molecule has 26 heavy (non-hydrogen) atoms. The number of carbonyl (C=O) groups excluding carboxylic acids is 1. The van der Waals surface area contributed by atoms with Crippen molar-refractivity contribution in [2.45, 2.75) is 33.4 Å². The van der Waals surface area contributed by atoms with E-state index in [1.54, 1.807) is 6.92 Å². The minimum absolute atomic E-state index is 0.152. The number of hydrogen-bond acceptors (Lipinski definition) is 5. The number of benzene rings is 2. The molecular weight excluding hydrogens is 330 g/mol. The molecule has 1 amide bonds. The second kappa shape index (κ2) is 7.82. The summed E-state index contributed by atoms with van der Waals surface area (Å²) in [4.78, 5) is 16.6. The average Bonchev–Trinajstić information content (AvgIpc) is 3.12. The van der Waals surface area contributed by atoms with Gasteiger partial charge in [0.25, 0.3) is 5.91 Å². The van der Waals surface area contributed by atoms with Gasteiger partial charge in [0.1, 0.15) is 5.75 Å². The molecule has 0 fully saturated rings. The Labute approximate surface area is 152 Å². The molecule has 1 N–H and O–H groups in total. The van der Waals surface area contributed by atoms with Crippen molar-refractivity contribution >= 4 is 5.91 Å². The van der Waals surface area contributed by atoms with E-state index >= 15 is 0 Å². The highest BCUT2D eigenvalue weighted by Gasteiger charge is 2.17. The number of nitrogens with zero attached hydrogens (tertiary/aromatic N) is 2. The van der Waals surface area contributed by atoms with Gasteiger partial charge in [0.15, 0.2) is 6.10 Å². The summed E-state index contributed by atoms with van der Waals surface area (Å²) in [7, 11) is 0.